The zero-order valence-corrected chi connectivity index (χ0v) is 13.0. The van der Waals surface area contributed by atoms with E-state index in [-0.39, 0.29) is 11.8 Å². The van der Waals surface area contributed by atoms with Crippen LogP contribution in [0.3, 0.4) is 0 Å². The molecule has 1 aliphatic carbocycles. The molecule has 1 atom stereocenters. The number of aromatic nitrogens is 1. The molecule has 1 aliphatic rings. The van der Waals surface area contributed by atoms with E-state index in [1.54, 1.807) is 0 Å². The minimum absolute atomic E-state index is 0.107. The van der Waals surface area contributed by atoms with Crippen molar-refractivity contribution in [3.8, 4) is 0 Å². The van der Waals surface area contributed by atoms with Gasteiger partial charge in [-0.25, -0.2) is 13.1 Å². The standard InChI is InChI=1S/C15H21N3O2S/c1-16-21(19,20)10-9-17-14-8-4-6-12-11-5-2-3-7-13(11)18-15(12)14/h2-3,5,7,14,16-18H,4,6,8-10H2,1H3. The number of hydrogen-bond donors (Lipinski definition) is 3. The third-order valence-electron chi connectivity index (χ3n) is 4.19. The number of nitrogens with one attached hydrogen (secondary N) is 3. The van der Waals surface area contributed by atoms with Crippen molar-refractivity contribution in [3.05, 3.63) is 35.5 Å². The van der Waals surface area contributed by atoms with Crippen LogP contribution in [0, 0.1) is 0 Å². The van der Waals surface area contributed by atoms with Gasteiger partial charge in [-0.3, -0.25) is 0 Å². The predicted octanol–water partition coefficient (Wildman–Crippen LogP) is 1.68. The first-order valence-corrected chi connectivity index (χ1v) is 9.00. The molecule has 3 rings (SSSR count). The minimum Gasteiger partial charge on any atom is -0.357 e. The van der Waals surface area contributed by atoms with Crippen molar-refractivity contribution in [2.75, 3.05) is 19.3 Å². The molecule has 0 radical (unpaired) electrons. The normalized spacial score (nSPS) is 18.8. The number of benzene rings is 1. The lowest BCUT2D eigenvalue weighted by molar-refractivity contribution is 0.463. The second kappa shape index (κ2) is 5.79. The van der Waals surface area contributed by atoms with Crippen molar-refractivity contribution in [3.63, 3.8) is 0 Å². The fraction of sp³-hybridized carbons (Fsp3) is 0.467. The molecule has 0 bridgehead atoms. The quantitative estimate of drug-likeness (QED) is 0.787. The monoisotopic (exact) mass is 307 g/mol. The highest BCUT2D eigenvalue weighted by Gasteiger charge is 2.23. The topological polar surface area (TPSA) is 74.0 Å². The summed E-state index contributed by atoms with van der Waals surface area (Å²) in [6.07, 6.45) is 3.26. The second-order valence-electron chi connectivity index (χ2n) is 5.48. The fourth-order valence-electron chi connectivity index (χ4n) is 3.09. The Bertz CT molecular complexity index is 736. The molecule has 114 valence electrons. The average molecular weight is 307 g/mol. The van der Waals surface area contributed by atoms with Gasteiger partial charge in [0.1, 0.15) is 0 Å². The molecule has 0 saturated heterocycles. The van der Waals surface area contributed by atoms with Crippen LogP contribution in [0.2, 0.25) is 0 Å². The van der Waals surface area contributed by atoms with Gasteiger partial charge in [0.15, 0.2) is 0 Å². The number of aryl methyl sites for hydroxylation is 1. The average Bonchev–Trinajstić information content (AvgIpc) is 2.87. The lowest BCUT2D eigenvalue weighted by Crippen LogP contribution is -2.33. The fourth-order valence-corrected chi connectivity index (χ4v) is 3.68. The lowest BCUT2D eigenvalue weighted by atomic mass is 9.92. The summed E-state index contributed by atoms with van der Waals surface area (Å²) >= 11 is 0. The lowest BCUT2D eigenvalue weighted by Gasteiger charge is -2.23. The molecule has 1 aromatic heterocycles. The van der Waals surface area contributed by atoms with Gasteiger partial charge in [0.2, 0.25) is 10.0 Å². The van der Waals surface area contributed by atoms with E-state index in [0.29, 0.717) is 6.54 Å². The van der Waals surface area contributed by atoms with Gasteiger partial charge in [0, 0.05) is 29.2 Å². The maximum absolute atomic E-state index is 11.5. The van der Waals surface area contributed by atoms with E-state index in [1.807, 2.05) is 6.07 Å². The summed E-state index contributed by atoms with van der Waals surface area (Å²) in [5, 5.41) is 4.67. The predicted molar refractivity (Wildman–Crippen MR) is 84.8 cm³/mol. The van der Waals surface area contributed by atoms with Crippen molar-refractivity contribution >= 4 is 20.9 Å². The van der Waals surface area contributed by atoms with Crippen molar-refractivity contribution < 1.29 is 8.42 Å². The van der Waals surface area contributed by atoms with Crippen LogP contribution in [0.15, 0.2) is 24.3 Å². The maximum Gasteiger partial charge on any atom is 0.212 e. The molecule has 21 heavy (non-hydrogen) atoms. The Labute approximate surface area is 125 Å². The van der Waals surface area contributed by atoms with Gasteiger partial charge in [0.25, 0.3) is 0 Å². The molecule has 1 aromatic carbocycles. The van der Waals surface area contributed by atoms with E-state index in [0.717, 1.165) is 19.3 Å². The molecular weight excluding hydrogens is 286 g/mol. The van der Waals surface area contributed by atoms with Crippen molar-refractivity contribution in [1.82, 2.24) is 15.0 Å². The zero-order valence-electron chi connectivity index (χ0n) is 12.1. The van der Waals surface area contributed by atoms with E-state index in [9.17, 15) is 8.42 Å². The van der Waals surface area contributed by atoms with Crippen molar-refractivity contribution in [2.24, 2.45) is 0 Å². The number of para-hydroxylation sites is 1. The Morgan fingerprint density at radius 3 is 2.95 bits per heavy atom. The van der Waals surface area contributed by atoms with Crippen LogP contribution in [0.5, 0.6) is 0 Å². The highest BCUT2D eigenvalue weighted by Crippen LogP contribution is 2.34. The molecule has 0 saturated carbocycles. The molecule has 5 nitrogen and oxygen atoms in total. The summed E-state index contributed by atoms with van der Waals surface area (Å²) in [5.74, 6) is 0.107. The van der Waals surface area contributed by atoms with Crippen LogP contribution in [-0.4, -0.2) is 32.7 Å². The summed E-state index contributed by atoms with van der Waals surface area (Å²) in [5.41, 5.74) is 3.77. The number of hydrogen-bond acceptors (Lipinski definition) is 3. The van der Waals surface area contributed by atoms with Crippen LogP contribution >= 0.6 is 0 Å². The van der Waals surface area contributed by atoms with Crippen LogP contribution < -0.4 is 10.0 Å². The van der Waals surface area contributed by atoms with E-state index in [4.69, 9.17) is 0 Å². The Morgan fingerprint density at radius 1 is 1.33 bits per heavy atom. The number of sulfonamides is 1. The second-order valence-corrected chi connectivity index (χ2v) is 7.53. The van der Waals surface area contributed by atoms with E-state index < -0.39 is 10.0 Å². The molecule has 1 heterocycles. The Balaban J connectivity index is 1.78. The number of fused-ring (bicyclic) bond motifs is 3. The third kappa shape index (κ3) is 2.97. The number of aromatic amines is 1. The summed E-state index contributed by atoms with van der Waals surface area (Å²) in [6.45, 7) is 0.461. The molecule has 0 fully saturated rings. The molecule has 0 spiro atoms. The SMILES string of the molecule is CNS(=O)(=O)CCNC1CCCc2c1[nH]c1ccccc21. The van der Waals surface area contributed by atoms with Crippen LogP contribution in [-0.2, 0) is 16.4 Å². The Kier molecular flexibility index (Phi) is 4.01. The zero-order chi connectivity index (χ0) is 14.9. The maximum atomic E-state index is 11.5. The van der Waals surface area contributed by atoms with E-state index >= 15 is 0 Å². The third-order valence-corrected chi connectivity index (χ3v) is 5.55. The smallest absolute Gasteiger partial charge is 0.212 e. The van der Waals surface area contributed by atoms with Crippen LogP contribution in [0.1, 0.15) is 30.1 Å². The van der Waals surface area contributed by atoms with E-state index in [1.165, 1.54) is 29.2 Å². The van der Waals surface area contributed by atoms with Crippen molar-refractivity contribution in [2.45, 2.75) is 25.3 Å². The summed E-state index contributed by atoms with van der Waals surface area (Å²) < 4.78 is 25.3. The Hall–Kier alpha value is -1.37. The molecule has 0 amide bonds. The molecule has 1 unspecified atom stereocenters. The first kappa shape index (κ1) is 14.6. The van der Waals surface area contributed by atoms with Gasteiger partial charge < -0.3 is 10.3 Å². The van der Waals surface area contributed by atoms with Crippen molar-refractivity contribution in [1.29, 1.82) is 0 Å². The van der Waals surface area contributed by atoms with Gasteiger partial charge in [-0.05, 0) is 37.9 Å². The number of rotatable bonds is 5. The summed E-state index contributed by atoms with van der Waals surface area (Å²) in [6, 6.07) is 8.56. The first-order chi connectivity index (χ1) is 10.1. The first-order valence-electron chi connectivity index (χ1n) is 7.35. The van der Waals surface area contributed by atoms with Gasteiger partial charge in [-0.2, -0.15) is 0 Å². The van der Waals surface area contributed by atoms with Gasteiger partial charge in [0.05, 0.1) is 5.75 Å². The molecule has 3 N–H and O–H groups in total. The molecule has 0 aliphatic heterocycles. The highest BCUT2D eigenvalue weighted by atomic mass is 32.2. The van der Waals surface area contributed by atoms with Gasteiger partial charge >= 0.3 is 0 Å². The van der Waals surface area contributed by atoms with Crippen LogP contribution in [0.4, 0.5) is 0 Å². The molecule has 6 heteroatoms. The summed E-state index contributed by atoms with van der Waals surface area (Å²) in [7, 11) is -1.69. The number of H-pyrrole nitrogens is 1. The van der Waals surface area contributed by atoms with Crippen LogP contribution in [0.25, 0.3) is 10.9 Å². The molecular formula is C15H21N3O2S. The Morgan fingerprint density at radius 2 is 2.14 bits per heavy atom. The van der Waals surface area contributed by atoms with E-state index in [2.05, 4.69) is 33.2 Å². The summed E-state index contributed by atoms with van der Waals surface area (Å²) in [4.78, 5) is 3.50. The molecule has 2 aromatic rings. The highest BCUT2D eigenvalue weighted by molar-refractivity contribution is 7.89. The minimum atomic E-state index is -3.15. The largest absolute Gasteiger partial charge is 0.357 e. The van der Waals surface area contributed by atoms with Gasteiger partial charge in [-0.15, -0.1) is 0 Å². The van der Waals surface area contributed by atoms with Gasteiger partial charge in [-0.1, -0.05) is 18.2 Å².